The predicted molar refractivity (Wildman–Crippen MR) is 52.7 cm³/mol. The summed E-state index contributed by atoms with van der Waals surface area (Å²) in [6.07, 6.45) is 0. The highest BCUT2D eigenvalue weighted by Gasteiger charge is 1.93. The number of phenolic OH excluding ortho intramolecular Hbond substituents is 1. The van der Waals surface area contributed by atoms with Gasteiger partial charge < -0.3 is 15.2 Å². The van der Waals surface area contributed by atoms with E-state index >= 15 is 0 Å². The second-order valence-electron chi connectivity index (χ2n) is 2.64. The summed E-state index contributed by atoms with van der Waals surface area (Å²) >= 11 is 0. The number of hydrogen-bond acceptors (Lipinski definition) is 3. The molecular weight excluding hydrogens is 166 g/mol. The van der Waals surface area contributed by atoms with Crippen molar-refractivity contribution in [3.63, 3.8) is 0 Å². The average molecular weight is 179 g/mol. The molecular formula is C10H13NO2. The molecule has 1 aromatic carbocycles. The van der Waals surface area contributed by atoms with Crippen molar-refractivity contribution in [3.8, 4) is 5.75 Å². The Balaban J connectivity index is 2.46. The summed E-state index contributed by atoms with van der Waals surface area (Å²) in [6.45, 7) is 4.24. The van der Waals surface area contributed by atoms with Gasteiger partial charge in [-0.05, 0) is 24.3 Å². The van der Waals surface area contributed by atoms with Crippen molar-refractivity contribution in [1.82, 2.24) is 0 Å². The lowest BCUT2D eigenvalue weighted by Gasteiger charge is -2.07. The van der Waals surface area contributed by atoms with Crippen molar-refractivity contribution in [1.29, 1.82) is 0 Å². The van der Waals surface area contributed by atoms with E-state index in [2.05, 4.69) is 11.9 Å². The fraction of sp³-hybridized carbons (Fsp3) is 0.200. The van der Waals surface area contributed by atoms with E-state index in [9.17, 15) is 0 Å². The molecule has 0 aliphatic heterocycles. The number of phenols is 1. The van der Waals surface area contributed by atoms with E-state index < -0.39 is 0 Å². The first kappa shape index (κ1) is 9.45. The third kappa shape index (κ3) is 3.07. The quantitative estimate of drug-likeness (QED) is 0.548. The molecule has 1 rings (SSSR count). The SMILES string of the molecule is C=C(CNc1ccc(O)cc1)OC. The number of ether oxygens (including phenoxy) is 1. The van der Waals surface area contributed by atoms with Crippen molar-refractivity contribution in [2.75, 3.05) is 19.0 Å². The molecule has 0 fully saturated rings. The van der Waals surface area contributed by atoms with Crippen LogP contribution < -0.4 is 5.32 Å². The Bertz CT molecular complexity index is 279. The summed E-state index contributed by atoms with van der Waals surface area (Å²) < 4.78 is 4.89. The maximum Gasteiger partial charge on any atom is 0.115 e. The molecule has 2 N–H and O–H groups in total. The second-order valence-corrected chi connectivity index (χ2v) is 2.64. The summed E-state index contributed by atoms with van der Waals surface area (Å²) in [6, 6.07) is 6.83. The van der Waals surface area contributed by atoms with Gasteiger partial charge in [-0.15, -0.1) is 0 Å². The fourth-order valence-corrected chi connectivity index (χ4v) is 0.852. The van der Waals surface area contributed by atoms with Crippen molar-refractivity contribution in [2.24, 2.45) is 0 Å². The minimum atomic E-state index is 0.260. The average Bonchev–Trinajstić information content (AvgIpc) is 2.16. The van der Waals surface area contributed by atoms with E-state index in [1.807, 2.05) is 0 Å². The zero-order valence-electron chi connectivity index (χ0n) is 7.58. The maximum absolute atomic E-state index is 9.01. The van der Waals surface area contributed by atoms with Crippen LogP contribution in [0.4, 0.5) is 5.69 Å². The first-order valence-electron chi connectivity index (χ1n) is 3.97. The van der Waals surface area contributed by atoms with Crippen molar-refractivity contribution >= 4 is 5.69 Å². The van der Waals surface area contributed by atoms with Gasteiger partial charge in [-0.1, -0.05) is 6.58 Å². The number of aromatic hydroxyl groups is 1. The minimum absolute atomic E-state index is 0.260. The van der Waals surface area contributed by atoms with Gasteiger partial charge in [0.1, 0.15) is 11.5 Å². The summed E-state index contributed by atoms with van der Waals surface area (Å²) in [4.78, 5) is 0. The number of anilines is 1. The summed E-state index contributed by atoms with van der Waals surface area (Å²) in [5.74, 6) is 0.934. The molecule has 13 heavy (non-hydrogen) atoms. The van der Waals surface area contributed by atoms with E-state index in [0.717, 1.165) is 5.69 Å². The first-order chi connectivity index (χ1) is 6.22. The molecule has 0 aromatic heterocycles. The van der Waals surface area contributed by atoms with Gasteiger partial charge in [0, 0.05) is 5.69 Å². The van der Waals surface area contributed by atoms with Gasteiger partial charge in [-0.2, -0.15) is 0 Å². The maximum atomic E-state index is 9.01. The lowest BCUT2D eigenvalue weighted by molar-refractivity contribution is 0.291. The van der Waals surface area contributed by atoms with Gasteiger partial charge in [0.15, 0.2) is 0 Å². The minimum Gasteiger partial charge on any atom is -0.508 e. The zero-order valence-corrected chi connectivity index (χ0v) is 7.58. The van der Waals surface area contributed by atoms with Crippen LogP contribution in [-0.4, -0.2) is 18.8 Å². The number of nitrogens with one attached hydrogen (secondary N) is 1. The predicted octanol–water partition coefficient (Wildman–Crippen LogP) is 1.96. The molecule has 0 saturated heterocycles. The molecule has 0 bridgehead atoms. The fourth-order valence-electron chi connectivity index (χ4n) is 0.852. The lowest BCUT2D eigenvalue weighted by Crippen LogP contribution is -2.04. The molecule has 0 atom stereocenters. The Morgan fingerprint density at radius 1 is 1.46 bits per heavy atom. The van der Waals surface area contributed by atoms with Gasteiger partial charge in [0.2, 0.25) is 0 Å². The van der Waals surface area contributed by atoms with Gasteiger partial charge in [-0.25, -0.2) is 0 Å². The molecule has 1 aromatic rings. The van der Waals surface area contributed by atoms with Gasteiger partial charge in [0.05, 0.1) is 13.7 Å². The highest BCUT2D eigenvalue weighted by atomic mass is 16.5. The Morgan fingerprint density at radius 2 is 2.08 bits per heavy atom. The molecule has 0 spiro atoms. The standard InChI is InChI=1S/C10H13NO2/c1-8(13-2)7-11-9-3-5-10(12)6-4-9/h3-6,11-12H,1,7H2,2H3. The first-order valence-corrected chi connectivity index (χ1v) is 3.97. The second kappa shape index (κ2) is 4.40. The van der Waals surface area contributed by atoms with Crippen LogP contribution in [0.25, 0.3) is 0 Å². The third-order valence-electron chi connectivity index (χ3n) is 1.65. The van der Waals surface area contributed by atoms with E-state index in [-0.39, 0.29) is 5.75 Å². The normalized spacial score (nSPS) is 9.31. The van der Waals surface area contributed by atoms with Crippen molar-refractivity contribution < 1.29 is 9.84 Å². The Kier molecular flexibility index (Phi) is 3.20. The molecule has 0 aliphatic carbocycles. The molecule has 0 aliphatic rings. The number of hydrogen-bond donors (Lipinski definition) is 2. The third-order valence-corrected chi connectivity index (χ3v) is 1.65. The van der Waals surface area contributed by atoms with Crippen LogP contribution in [-0.2, 0) is 4.74 Å². The summed E-state index contributed by atoms with van der Waals surface area (Å²) in [5, 5.41) is 12.1. The van der Waals surface area contributed by atoms with Crippen molar-refractivity contribution in [3.05, 3.63) is 36.6 Å². The van der Waals surface area contributed by atoms with E-state index in [1.165, 1.54) is 0 Å². The van der Waals surface area contributed by atoms with Crippen LogP contribution in [0.2, 0.25) is 0 Å². The van der Waals surface area contributed by atoms with Crippen LogP contribution >= 0.6 is 0 Å². The van der Waals surface area contributed by atoms with Crippen LogP contribution in [0.3, 0.4) is 0 Å². The largest absolute Gasteiger partial charge is 0.508 e. The highest BCUT2D eigenvalue weighted by Crippen LogP contribution is 2.13. The molecule has 3 heteroatoms. The van der Waals surface area contributed by atoms with E-state index in [4.69, 9.17) is 9.84 Å². The van der Waals surface area contributed by atoms with Crippen LogP contribution in [0, 0.1) is 0 Å². The van der Waals surface area contributed by atoms with Crippen molar-refractivity contribution in [2.45, 2.75) is 0 Å². The highest BCUT2D eigenvalue weighted by molar-refractivity contribution is 5.46. The summed E-state index contributed by atoms with van der Waals surface area (Å²) in [5.41, 5.74) is 0.927. The molecule has 3 nitrogen and oxygen atoms in total. The molecule has 70 valence electrons. The van der Waals surface area contributed by atoms with Gasteiger partial charge in [-0.3, -0.25) is 0 Å². The smallest absolute Gasteiger partial charge is 0.115 e. The van der Waals surface area contributed by atoms with Crippen LogP contribution in [0.1, 0.15) is 0 Å². The van der Waals surface area contributed by atoms with Gasteiger partial charge >= 0.3 is 0 Å². The number of benzene rings is 1. The number of rotatable bonds is 4. The topological polar surface area (TPSA) is 41.5 Å². The van der Waals surface area contributed by atoms with E-state index in [0.29, 0.717) is 12.3 Å². The number of methoxy groups -OCH3 is 1. The lowest BCUT2D eigenvalue weighted by atomic mass is 10.3. The van der Waals surface area contributed by atoms with Crippen LogP contribution in [0.5, 0.6) is 5.75 Å². The Labute approximate surface area is 77.7 Å². The molecule has 0 amide bonds. The Hall–Kier alpha value is -1.64. The van der Waals surface area contributed by atoms with Crippen LogP contribution in [0.15, 0.2) is 36.6 Å². The van der Waals surface area contributed by atoms with Gasteiger partial charge in [0.25, 0.3) is 0 Å². The monoisotopic (exact) mass is 179 g/mol. The molecule has 0 radical (unpaired) electrons. The zero-order chi connectivity index (χ0) is 9.68. The Morgan fingerprint density at radius 3 is 2.62 bits per heavy atom. The molecule has 0 heterocycles. The molecule has 0 unspecified atom stereocenters. The summed E-state index contributed by atoms with van der Waals surface area (Å²) in [7, 11) is 1.58. The molecule has 0 saturated carbocycles. The van der Waals surface area contributed by atoms with E-state index in [1.54, 1.807) is 31.4 Å².